The molecule has 0 saturated heterocycles. The Kier molecular flexibility index (Phi) is 14.6. The Morgan fingerprint density at radius 1 is 0.310 bits per heavy atom. The van der Waals surface area contributed by atoms with Gasteiger partial charge in [0.05, 0.1) is 65.4 Å². The molecule has 0 atom stereocenters. The molecule has 10 heteroatoms. The Balaban J connectivity index is 0.924. The first-order valence-electron chi connectivity index (χ1n) is 47.9. The fourth-order valence-corrected chi connectivity index (χ4v) is 21.2. The normalized spacial score (nSPS) is 14.0. The van der Waals surface area contributed by atoms with Gasteiger partial charge in [-0.15, -0.1) is 0 Å². The number of nitriles is 1. The molecule has 0 bridgehead atoms. The Morgan fingerprint density at radius 2 is 0.791 bits per heavy atom. The Hall–Kier alpha value is -15.3. The first kappa shape index (κ1) is 69.0. The number of para-hydroxylation sites is 7. The van der Waals surface area contributed by atoms with Gasteiger partial charge >= 0.3 is 0 Å². The minimum atomic E-state index is -0.699. The van der Waals surface area contributed by atoms with Crippen LogP contribution in [-0.2, 0) is 21.7 Å². The summed E-state index contributed by atoms with van der Waals surface area (Å²) in [6.07, 6.45) is 0. The zero-order chi connectivity index (χ0) is 93.4. The third kappa shape index (κ3) is 11.4. The summed E-state index contributed by atoms with van der Waals surface area (Å²) in [5.74, 6) is 0. The summed E-state index contributed by atoms with van der Waals surface area (Å²) in [6.45, 7) is 26.5. The van der Waals surface area contributed by atoms with Crippen molar-refractivity contribution in [3.8, 4) is 62.0 Å². The van der Waals surface area contributed by atoms with E-state index in [9.17, 15) is 14.9 Å². The number of rotatable bonds is 8. The second kappa shape index (κ2) is 27.4. The molecule has 0 amide bonds. The van der Waals surface area contributed by atoms with Crippen LogP contribution in [-0.4, -0.2) is 15.8 Å². The largest absolute Gasteiger partial charge is 0.456 e. The molecule has 2 aliphatic rings. The van der Waals surface area contributed by atoms with E-state index in [1.165, 1.54) is 11.1 Å². The summed E-state index contributed by atoms with van der Waals surface area (Å²) in [4.78, 5) is 5.03. The maximum atomic E-state index is 10.9. The van der Waals surface area contributed by atoms with Crippen LogP contribution in [0.4, 0.5) is 34.1 Å². The maximum absolute atomic E-state index is 10.9. The molecule has 6 aromatic heterocycles. The Bertz CT molecular complexity index is 9280. The van der Waals surface area contributed by atoms with Gasteiger partial charge in [0.2, 0.25) is 0 Å². The van der Waals surface area contributed by atoms with Crippen molar-refractivity contribution in [2.24, 2.45) is 0 Å². The number of nitrogens with zero attached hydrogens (tertiary/aromatic N) is 5. The lowest BCUT2D eigenvalue weighted by Gasteiger charge is -2.46. The van der Waals surface area contributed by atoms with Gasteiger partial charge in [-0.25, -0.2) is 0 Å². The van der Waals surface area contributed by atoms with E-state index in [0.29, 0.717) is 28.1 Å². The van der Waals surface area contributed by atoms with Crippen LogP contribution in [0.1, 0.15) is 120 Å². The first-order valence-corrected chi connectivity index (χ1v) is 44.4. The zero-order valence-electron chi connectivity index (χ0n) is 80.6. The molecule has 0 unspecified atom stereocenters. The highest BCUT2D eigenvalue weighted by molar-refractivity contribution is 7.00. The average molecular weight is 1670 g/mol. The molecule has 23 aromatic rings. The van der Waals surface area contributed by atoms with Crippen molar-refractivity contribution in [3.63, 3.8) is 0 Å². The molecular weight excluding hydrogens is 1570 g/mol. The lowest BCUT2D eigenvalue weighted by atomic mass is 9.33. The van der Waals surface area contributed by atoms with Crippen LogP contribution < -0.4 is 26.2 Å². The van der Waals surface area contributed by atoms with Crippen molar-refractivity contribution >= 4 is 189 Å². The molecule has 0 N–H and O–H groups in total. The van der Waals surface area contributed by atoms with E-state index in [1.807, 2.05) is 42.5 Å². The Labute approximate surface area is 757 Å². The monoisotopic (exact) mass is 1670 g/mol. The van der Waals surface area contributed by atoms with Gasteiger partial charge in [0.25, 0.3) is 6.71 Å². The second-order valence-electron chi connectivity index (χ2n) is 39.2. The highest BCUT2D eigenvalue weighted by atomic mass is 16.3. The van der Waals surface area contributed by atoms with Crippen molar-refractivity contribution in [1.82, 2.24) is 9.13 Å². The lowest BCUT2D eigenvalue weighted by Crippen LogP contribution is -2.61. The van der Waals surface area contributed by atoms with Gasteiger partial charge in [-0.2, -0.15) is 5.26 Å². The van der Waals surface area contributed by atoms with Crippen molar-refractivity contribution in [2.45, 2.75) is 105 Å². The van der Waals surface area contributed by atoms with E-state index in [-0.39, 0.29) is 38.2 Å². The van der Waals surface area contributed by atoms with Gasteiger partial charge in [0.15, 0.2) is 0 Å². The number of anilines is 6. The molecule has 8 heterocycles. The smallest absolute Gasteiger partial charge is 0.252 e. The van der Waals surface area contributed by atoms with Crippen molar-refractivity contribution < 1.29 is 27.3 Å². The predicted octanol–water partition coefficient (Wildman–Crippen LogP) is 31.3. The molecule has 618 valence electrons. The number of aromatic nitrogens is 2. The van der Waals surface area contributed by atoms with Gasteiger partial charge in [0.1, 0.15) is 44.7 Å². The summed E-state index contributed by atoms with van der Waals surface area (Å²) in [7, 11) is 0. The molecule has 0 aliphatic carbocycles. The van der Waals surface area contributed by atoms with Crippen LogP contribution in [0, 0.1) is 11.3 Å². The van der Waals surface area contributed by atoms with Crippen LogP contribution in [0.3, 0.4) is 0 Å². The maximum Gasteiger partial charge on any atom is 0.252 e. The van der Waals surface area contributed by atoms with E-state index in [0.717, 1.165) is 199 Å². The molecule has 17 aromatic carbocycles. The van der Waals surface area contributed by atoms with Crippen LogP contribution in [0.25, 0.3) is 187 Å². The fraction of sp³-hybridized carbons (Fsp3) is 0.134. The molecule has 0 spiro atoms. The summed E-state index contributed by atoms with van der Waals surface area (Å²) in [5, 5.41) is 20.2. The first-order chi connectivity index (χ1) is 65.4. The van der Waals surface area contributed by atoms with E-state index >= 15 is 0 Å². The number of hydrogen-bond acceptors (Lipinski definition) is 7. The number of benzene rings is 17. The Morgan fingerprint density at radius 3 is 1.36 bits per heavy atom. The van der Waals surface area contributed by atoms with Crippen molar-refractivity contribution in [1.29, 1.82) is 5.26 Å². The third-order valence-electron chi connectivity index (χ3n) is 27.3. The molecular formula is C119H90BN5O4. The SMILES string of the molecule is [2H]c1c([2H])c([2H])c2c(c1[2H])c1c([2H])c(C#N)c([2H])c([2H])c1n2-c1ccc2c(c1)N(c1c(-c3cccc4oc5ccccc5c34)cc(C(C)(C)C)c3oc4ccccc4c13)c1cc(-c3ccc4c(c3)c3ccccc3n4-c3ccccc3)cc3c1B2c1cc(-c2cc(C(C)(C)C)cc(C(C)(C)C)c2)ccc1N3c1c(-c2cccc3oc4ccccc4c23)cc(C(C)(C)C)c2oc3ccccc3c12. The molecule has 9 nitrogen and oxygen atoms in total. The quantitative estimate of drug-likeness (QED) is 0.140. The summed E-state index contributed by atoms with van der Waals surface area (Å²) < 4.78 is 102. The van der Waals surface area contributed by atoms with Crippen LogP contribution in [0.5, 0.6) is 0 Å². The standard InChI is InChI=1S/C119H90BN5O4/c1-116(2,3)73-57-71(58-74(63-73)117(4,5)6)70-50-55-97-92(60-70)120-91-52-51-76(123-94-41-23-16-32-77(94)85-56-68(67-121)48-53-95(85)123)64-98(91)125(113-88(80-39-29-47-106-108(80)82-35-19-25-43-102(82)127-106)66-90(119(10,11)12)115-110(113)84-37-21-27-45-104(84)129-115)100-62-72(69-49-54-96-86(59-69)78-33-17-22-40-93(78)122(96)75-30-14-13-15-31-75)61-99(111(100)120)124(97)112-87(79-38-28-46-105-107(79)81-34-18-24-42-101(81)126-105)65-89(118(7,8)9)114-109(112)83-36-20-26-44-103(83)128-114/h13-66H,1-12H3/i16D,23D,32D,41D,48D,53D,56D. The second-order valence-corrected chi connectivity index (χ2v) is 39.2. The predicted molar refractivity (Wildman–Crippen MR) is 540 cm³/mol. The minimum absolute atomic E-state index is 0.0216. The van der Waals surface area contributed by atoms with Gasteiger partial charge < -0.3 is 36.6 Å². The topological polar surface area (TPSA) is 92.7 Å². The van der Waals surface area contributed by atoms with E-state index < -0.39 is 59.8 Å². The molecule has 0 saturated carbocycles. The van der Waals surface area contributed by atoms with Crippen molar-refractivity contribution in [2.75, 3.05) is 9.80 Å². The third-order valence-corrected chi connectivity index (χ3v) is 27.3. The molecule has 0 fully saturated rings. The average Bonchev–Trinajstić information content (AvgIpc) is 1.12. The van der Waals surface area contributed by atoms with Gasteiger partial charge in [-0.05, 0) is 216 Å². The van der Waals surface area contributed by atoms with E-state index in [2.05, 4.69) is 346 Å². The van der Waals surface area contributed by atoms with Crippen molar-refractivity contribution in [3.05, 3.63) is 355 Å². The van der Waals surface area contributed by atoms with Gasteiger partial charge in [-0.1, -0.05) is 277 Å². The number of furan rings is 4. The van der Waals surface area contributed by atoms with Crippen LogP contribution >= 0.6 is 0 Å². The fourth-order valence-electron chi connectivity index (χ4n) is 21.2. The summed E-state index contributed by atoms with van der Waals surface area (Å²) in [5.41, 5.74) is 26.4. The molecule has 129 heavy (non-hydrogen) atoms. The zero-order valence-corrected chi connectivity index (χ0v) is 73.6. The number of hydrogen-bond donors (Lipinski definition) is 0. The van der Waals surface area contributed by atoms with Crippen LogP contribution in [0.2, 0.25) is 0 Å². The minimum Gasteiger partial charge on any atom is -0.456 e. The summed E-state index contributed by atoms with van der Waals surface area (Å²) in [6, 6.07) is 101. The van der Waals surface area contributed by atoms with Crippen LogP contribution in [0.15, 0.2) is 345 Å². The van der Waals surface area contributed by atoms with E-state index in [1.54, 1.807) is 4.57 Å². The molecule has 25 rings (SSSR count). The highest BCUT2D eigenvalue weighted by Gasteiger charge is 2.48. The number of fused-ring (bicyclic) bond motifs is 22. The van der Waals surface area contributed by atoms with E-state index in [4.69, 9.17) is 17.7 Å². The lowest BCUT2D eigenvalue weighted by molar-refractivity contribution is 0.569. The van der Waals surface area contributed by atoms with Gasteiger partial charge in [-0.3, -0.25) is 0 Å². The summed E-state index contributed by atoms with van der Waals surface area (Å²) >= 11 is 0. The molecule has 0 radical (unpaired) electrons. The molecule has 2 aliphatic heterocycles. The van der Waals surface area contributed by atoms with Gasteiger partial charge in [0, 0.05) is 110 Å². The highest BCUT2D eigenvalue weighted by Crippen LogP contribution is 2.59.